The molecule has 5 aromatic rings. The SMILES string of the molecule is Cc1ccc2nc(COc3ccc(C(=O)Nc4nc(-c5c[nH]c(C(N)=O)c5)cs4)cc3)cn2c1. The lowest BCUT2D eigenvalue weighted by molar-refractivity contribution is 0.0994. The Morgan fingerprint density at radius 1 is 1.15 bits per heavy atom. The number of H-pyrrole nitrogens is 1. The third-order valence-electron chi connectivity index (χ3n) is 5.12. The summed E-state index contributed by atoms with van der Waals surface area (Å²) < 4.78 is 7.79. The smallest absolute Gasteiger partial charge is 0.265 e. The van der Waals surface area contributed by atoms with Gasteiger partial charge in [0.15, 0.2) is 5.13 Å². The first-order valence-corrected chi connectivity index (χ1v) is 11.2. The van der Waals surface area contributed by atoms with Crippen molar-refractivity contribution in [1.29, 1.82) is 0 Å². The van der Waals surface area contributed by atoms with Crippen LogP contribution in [0.15, 0.2) is 66.4 Å². The van der Waals surface area contributed by atoms with E-state index in [1.54, 1.807) is 41.9 Å². The number of aryl methyl sites for hydroxylation is 1. The first-order chi connectivity index (χ1) is 16.4. The quantitative estimate of drug-likeness (QED) is 0.330. The summed E-state index contributed by atoms with van der Waals surface area (Å²) in [6.45, 7) is 2.36. The van der Waals surface area contributed by atoms with Crippen molar-refractivity contribution in [3.8, 4) is 17.0 Å². The third-order valence-corrected chi connectivity index (χ3v) is 5.88. The molecule has 2 amide bonds. The Kier molecular flexibility index (Phi) is 5.56. The molecule has 0 radical (unpaired) electrons. The summed E-state index contributed by atoms with van der Waals surface area (Å²) in [5.74, 6) is -0.190. The number of hydrogen-bond donors (Lipinski definition) is 3. The maximum Gasteiger partial charge on any atom is 0.265 e. The van der Waals surface area contributed by atoms with Gasteiger partial charge in [0.05, 0.1) is 11.4 Å². The summed E-state index contributed by atoms with van der Waals surface area (Å²) in [7, 11) is 0. The lowest BCUT2D eigenvalue weighted by Gasteiger charge is -2.06. The average Bonchev–Trinajstić information content (AvgIpc) is 3.57. The minimum absolute atomic E-state index is 0.282. The number of carbonyl (C=O) groups excluding carboxylic acids is 2. The van der Waals surface area contributed by atoms with Gasteiger partial charge in [-0.25, -0.2) is 9.97 Å². The fraction of sp³-hybridized carbons (Fsp3) is 0.0833. The lowest BCUT2D eigenvalue weighted by atomic mass is 10.2. The number of nitrogens with zero attached hydrogens (tertiary/aromatic N) is 3. The highest BCUT2D eigenvalue weighted by Crippen LogP contribution is 2.26. The number of fused-ring (bicyclic) bond motifs is 1. The van der Waals surface area contributed by atoms with E-state index in [1.807, 2.05) is 35.9 Å². The van der Waals surface area contributed by atoms with Crippen molar-refractivity contribution in [2.45, 2.75) is 13.5 Å². The van der Waals surface area contributed by atoms with Crippen molar-refractivity contribution in [3.05, 3.63) is 88.9 Å². The van der Waals surface area contributed by atoms with Gasteiger partial charge in [-0.1, -0.05) is 6.07 Å². The summed E-state index contributed by atoms with van der Waals surface area (Å²) in [5.41, 5.74) is 10.2. The van der Waals surface area contributed by atoms with Crippen molar-refractivity contribution in [1.82, 2.24) is 19.4 Å². The van der Waals surface area contributed by atoms with Gasteiger partial charge >= 0.3 is 0 Å². The highest BCUT2D eigenvalue weighted by Gasteiger charge is 2.12. The topological polar surface area (TPSA) is 127 Å². The van der Waals surface area contributed by atoms with Crippen molar-refractivity contribution in [2.75, 3.05) is 5.32 Å². The number of nitrogens with one attached hydrogen (secondary N) is 2. The van der Waals surface area contributed by atoms with Gasteiger partial charge in [0.2, 0.25) is 0 Å². The average molecular weight is 473 g/mol. The normalized spacial score (nSPS) is 11.0. The first-order valence-electron chi connectivity index (χ1n) is 10.4. The van der Waals surface area contributed by atoms with Crippen LogP contribution in [0.4, 0.5) is 5.13 Å². The number of benzene rings is 1. The molecule has 0 atom stereocenters. The van der Waals surface area contributed by atoms with Crippen molar-refractivity contribution < 1.29 is 14.3 Å². The highest BCUT2D eigenvalue weighted by molar-refractivity contribution is 7.14. The number of imidazole rings is 1. The molecule has 0 bridgehead atoms. The highest BCUT2D eigenvalue weighted by atomic mass is 32.1. The van der Waals surface area contributed by atoms with Gasteiger partial charge in [-0.3, -0.25) is 14.9 Å². The molecule has 0 aliphatic heterocycles. The van der Waals surface area contributed by atoms with E-state index in [2.05, 4.69) is 20.3 Å². The van der Waals surface area contributed by atoms with E-state index in [0.29, 0.717) is 40.0 Å². The van der Waals surface area contributed by atoms with E-state index in [-0.39, 0.29) is 5.91 Å². The number of thiazole rings is 1. The predicted molar refractivity (Wildman–Crippen MR) is 129 cm³/mol. The number of primary amides is 1. The van der Waals surface area contributed by atoms with Gasteiger partial charge in [-0.05, 0) is 48.9 Å². The summed E-state index contributed by atoms with van der Waals surface area (Å²) in [4.78, 5) is 35.6. The molecule has 10 heteroatoms. The summed E-state index contributed by atoms with van der Waals surface area (Å²) in [6, 6.07) is 12.5. The van der Waals surface area contributed by atoms with E-state index < -0.39 is 5.91 Å². The fourth-order valence-electron chi connectivity index (χ4n) is 3.40. The number of hydrogen-bond acceptors (Lipinski definition) is 6. The molecule has 0 fully saturated rings. The van der Waals surface area contributed by atoms with Gasteiger partial charge in [0, 0.05) is 35.1 Å². The van der Waals surface area contributed by atoms with Crippen LogP contribution in [0.2, 0.25) is 0 Å². The zero-order chi connectivity index (χ0) is 23.7. The van der Waals surface area contributed by atoms with Crippen LogP contribution < -0.4 is 15.8 Å². The molecular weight excluding hydrogens is 452 g/mol. The van der Waals surface area contributed by atoms with Crippen molar-refractivity contribution in [2.24, 2.45) is 5.73 Å². The molecule has 4 aromatic heterocycles. The molecule has 4 heterocycles. The molecule has 0 unspecified atom stereocenters. The van der Waals surface area contributed by atoms with E-state index in [9.17, 15) is 9.59 Å². The number of pyridine rings is 1. The number of anilines is 1. The third kappa shape index (κ3) is 4.52. The van der Waals surface area contributed by atoms with Gasteiger partial charge in [-0.2, -0.15) is 0 Å². The van der Waals surface area contributed by atoms with E-state index in [1.165, 1.54) is 11.3 Å². The molecule has 34 heavy (non-hydrogen) atoms. The minimum atomic E-state index is -0.545. The molecule has 0 aliphatic carbocycles. The van der Waals surface area contributed by atoms with Crippen LogP contribution in [0.25, 0.3) is 16.9 Å². The largest absolute Gasteiger partial charge is 0.487 e. The monoisotopic (exact) mass is 472 g/mol. The predicted octanol–water partition coefficient (Wildman–Crippen LogP) is 4.02. The maximum atomic E-state index is 12.6. The van der Waals surface area contributed by atoms with Crippen molar-refractivity contribution in [3.63, 3.8) is 0 Å². The summed E-state index contributed by atoms with van der Waals surface area (Å²) in [5, 5.41) is 5.03. The first kappa shape index (κ1) is 21.4. The number of ether oxygens (including phenoxy) is 1. The van der Waals surface area contributed by atoms with E-state index in [4.69, 9.17) is 10.5 Å². The van der Waals surface area contributed by atoms with E-state index >= 15 is 0 Å². The maximum absolute atomic E-state index is 12.6. The lowest BCUT2D eigenvalue weighted by Crippen LogP contribution is -2.11. The second-order valence-corrected chi connectivity index (χ2v) is 8.53. The van der Waals surface area contributed by atoms with Crippen LogP contribution in [0.3, 0.4) is 0 Å². The Morgan fingerprint density at radius 2 is 1.97 bits per heavy atom. The number of aromatic nitrogens is 4. The van der Waals surface area contributed by atoms with Crippen LogP contribution in [-0.2, 0) is 6.61 Å². The molecule has 0 aliphatic rings. The minimum Gasteiger partial charge on any atom is -0.487 e. The second kappa shape index (κ2) is 8.83. The Morgan fingerprint density at radius 3 is 2.74 bits per heavy atom. The molecule has 1 aromatic carbocycles. The van der Waals surface area contributed by atoms with Gasteiger partial charge in [0.1, 0.15) is 23.7 Å². The molecule has 5 rings (SSSR count). The molecule has 9 nitrogen and oxygen atoms in total. The number of carbonyl (C=O) groups is 2. The van der Waals surface area contributed by atoms with Gasteiger partial charge in [0.25, 0.3) is 11.8 Å². The Balaban J connectivity index is 1.19. The number of nitrogens with two attached hydrogens (primary N) is 1. The number of aromatic amines is 1. The molecular formula is C24H20N6O3S. The molecule has 0 saturated heterocycles. The van der Waals surface area contributed by atoms with Gasteiger partial charge in [-0.15, -0.1) is 11.3 Å². The summed E-state index contributed by atoms with van der Waals surface area (Å²) >= 11 is 1.29. The van der Waals surface area contributed by atoms with Crippen LogP contribution in [-0.4, -0.2) is 31.2 Å². The molecule has 0 spiro atoms. The van der Waals surface area contributed by atoms with Gasteiger partial charge < -0.3 is 19.9 Å². The van der Waals surface area contributed by atoms with Crippen LogP contribution >= 0.6 is 11.3 Å². The molecule has 170 valence electrons. The van der Waals surface area contributed by atoms with Crippen LogP contribution in [0.1, 0.15) is 32.1 Å². The number of rotatable bonds is 7. The summed E-state index contributed by atoms with van der Waals surface area (Å²) in [6.07, 6.45) is 5.60. The van der Waals surface area contributed by atoms with Crippen LogP contribution in [0, 0.1) is 6.92 Å². The second-order valence-electron chi connectivity index (χ2n) is 7.68. The zero-order valence-electron chi connectivity index (χ0n) is 18.1. The standard InChI is InChI=1S/C24H20N6O3S/c1-14-2-7-21-27-17(11-30(21)10-14)12-33-18-5-3-15(4-6-18)23(32)29-24-28-20(13-34-24)16-8-19(22(25)31)26-9-16/h2-11,13,26H,12H2,1H3,(H2,25,31)(H,28,29,32). The zero-order valence-corrected chi connectivity index (χ0v) is 18.9. The Hall–Kier alpha value is -4.44. The Bertz CT molecular complexity index is 1500. The van der Waals surface area contributed by atoms with Crippen molar-refractivity contribution >= 4 is 33.9 Å². The Labute approximate surface area is 198 Å². The fourth-order valence-corrected chi connectivity index (χ4v) is 4.12. The van der Waals surface area contributed by atoms with Crippen LogP contribution in [0.5, 0.6) is 5.75 Å². The van der Waals surface area contributed by atoms with E-state index in [0.717, 1.165) is 16.9 Å². The molecule has 0 saturated carbocycles. The number of amides is 2. The molecule has 4 N–H and O–H groups in total.